The Balaban J connectivity index is 2.02. The van der Waals surface area contributed by atoms with E-state index in [0.29, 0.717) is 16.3 Å². The van der Waals surface area contributed by atoms with E-state index in [4.69, 9.17) is 11.6 Å². The van der Waals surface area contributed by atoms with Crippen molar-refractivity contribution in [1.29, 1.82) is 0 Å². The minimum atomic E-state index is -3.58. The first kappa shape index (κ1) is 20.2. The van der Waals surface area contributed by atoms with E-state index in [9.17, 15) is 17.6 Å². The number of nitrogens with one attached hydrogen (secondary N) is 1. The van der Waals surface area contributed by atoms with Crippen molar-refractivity contribution in [3.63, 3.8) is 0 Å². The van der Waals surface area contributed by atoms with Crippen molar-refractivity contribution in [1.82, 2.24) is 5.32 Å². The summed E-state index contributed by atoms with van der Waals surface area (Å²) in [6.07, 6.45) is 1.00. The summed E-state index contributed by atoms with van der Waals surface area (Å²) in [5.74, 6) is -0.778. The highest BCUT2D eigenvalue weighted by molar-refractivity contribution is 7.92. The van der Waals surface area contributed by atoms with Crippen molar-refractivity contribution in [2.45, 2.75) is 19.9 Å². The van der Waals surface area contributed by atoms with Gasteiger partial charge in [-0.15, -0.1) is 0 Å². The zero-order valence-electron chi connectivity index (χ0n) is 14.5. The van der Waals surface area contributed by atoms with Crippen molar-refractivity contribution in [2.24, 2.45) is 0 Å². The molecule has 1 amide bonds. The molecule has 2 rings (SSSR count). The first-order valence-corrected chi connectivity index (χ1v) is 10.1. The van der Waals surface area contributed by atoms with Gasteiger partial charge in [-0.2, -0.15) is 0 Å². The third kappa shape index (κ3) is 5.44. The van der Waals surface area contributed by atoms with Crippen LogP contribution in [0.4, 0.5) is 10.1 Å². The van der Waals surface area contributed by atoms with Gasteiger partial charge in [0.1, 0.15) is 5.82 Å². The molecule has 5 nitrogen and oxygen atoms in total. The van der Waals surface area contributed by atoms with Crippen LogP contribution in [0.3, 0.4) is 0 Å². The molecule has 2 aromatic rings. The second-order valence-electron chi connectivity index (χ2n) is 5.89. The maximum atomic E-state index is 13.6. The van der Waals surface area contributed by atoms with E-state index < -0.39 is 15.8 Å². The third-order valence-corrected chi connectivity index (χ3v) is 5.42. The van der Waals surface area contributed by atoms with Gasteiger partial charge in [-0.25, -0.2) is 12.8 Å². The van der Waals surface area contributed by atoms with Gasteiger partial charge in [0.15, 0.2) is 0 Å². The van der Waals surface area contributed by atoms with Crippen LogP contribution in [0.5, 0.6) is 0 Å². The second kappa shape index (κ2) is 8.51. The molecule has 0 aliphatic rings. The van der Waals surface area contributed by atoms with E-state index in [1.807, 2.05) is 6.92 Å². The molecule has 8 heteroatoms. The fourth-order valence-electron chi connectivity index (χ4n) is 2.35. The Morgan fingerprint density at radius 2 is 1.92 bits per heavy atom. The summed E-state index contributed by atoms with van der Waals surface area (Å²) in [4.78, 5) is 12.0. The predicted octanol–water partition coefficient (Wildman–Crippen LogP) is 3.26. The summed E-state index contributed by atoms with van der Waals surface area (Å²) in [6, 6.07) is 11.0. The van der Waals surface area contributed by atoms with E-state index in [0.717, 1.165) is 16.1 Å². The molecule has 1 N–H and O–H groups in total. The Bertz CT molecular complexity index is 903. The molecular weight excluding hydrogens is 379 g/mol. The van der Waals surface area contributed by atoms with Gasteiger partial charge in [0, 0.05) is 30.1 Å². The van der Waals surface area contributed by atoms with E-state index in [1.54, 1.807) is 36.4 Å². The first-order valence-electron chi connectivity index (χ1n) is 7.92. The van der Waals surface area contributed by atoms with E-state index >= 15 is 0 Å². The summed E-state index contributed by atoms with van der Waals surface area (Å²) in [6.45, 7) is 1.81. The number of sulfonamides is 1. The fraction of sp³-hybridized carbons (Fsp3) is 0.278. The Morgan fingerprint density at radius 3 is 2.54 bits per heavy atom. The monoisotopic (exact) mass is 398 g/mol. The van der Waals surface area contributed by atoms with Crippen molar-refractivity contribution < 1.29 is 17.6 Å². The molecule has 0 aliphatic carbocycles. The van der Waals surface area contributed by atoms with Gasteiger partial charge in [0.2, 0.25) is 15.9 Å². The lowest BCUT2D eigenvalue weighted by Crippen LogP contribution is -2.34. The van der Waals surface area contributed by atoms with Crippen molar-refractivity contribution in [3.05, 3.63) is 64.4 Å². The lowest BCUT2D eigenvalue weighted by molar-refractivity contribution is -0.121. The second-order valence-corrected chi connectivity index (χ2v) is 8.20. The predicted molar refractivity (Wildman–Crippen MR) is 101 cm³/mol. The highest BCUT2D eigenvalue weighted by Gasteiger charge is 2.19. The minimum Gasteiger partial charge on any atom is -0.352 e. The molecule has 0 radical (unpaired) electrons. The van der Waals surface area contributed by atoms with Crippen LogP contribution in [0, 0.1) is 12.7 Å². The number of carbonyl (C=O) groups is 1. The number of carbonyl (C=O) groups excluding carboxylic acids is 1. The molecule has 0 aliphatic heterocycles. The number of nitrogens with zero attached hydrogens (tertiary/aromatic N) is 1. The van der Waals surface area contributed by atoms with Crippen molar-refractivity contribution in [2.75, 3.05) is 17.1 Å². The minimum absolute atomic E-state index is 0.0403. The number of benzene rings is 2. The molecule has 0 atom stereocenters. The number of halogens is 2. The molecule has 0 aromatic heterocycles. The highest BCUT2D eigenvalue weighted by Crippen LogP contribution is 2.25. The van der Waals surface area contributed by atoms with Crippen LogP contribution in [0.1, 0.15) is 17.5 Å². The SMILES string of the molecule is Cc1ccc(N(CCC(=O)NCc2ccccc2F)S(C)(=O)=O)cc1Cl. The van der Waals surface area contributed by atoms with E-state index in [1.165, 1.54) is 6.07 Å². The Kier molecular flexibility index (Phi) is 6.61. The zero-order valence-corrected chi connectivity index (χ0v) is 16.1. The lowest BCUT2D eigenvalue weighted by atomic mass is 10.2. The maximum absolute atomic E-state index is 13.6. The topological polar surface area (TPSA) is 66.5 Å². The highest BCUT2D eigenvalue weighted by atomic mass is 35.5. The average molecular weight is 399 g/mol. The summed E-state index contributed by atoms with van der Waals surface area (Å²) < 4.78 is 38.8. The van der Waals surface area contributed by atoms with Crippen LogP contribution >= 0.6 is 11.6 Å². The maximum Gasteiger partial charge on any atom is 0.232 e. The quantitative estimate of drug-likeness (QED) is 0.778. The summed E-state index contributed by atoms with van der Waals surface area (Å²) in [5, 5.41) is 3.04. The van der Waals surface area contributed by atoms with Gasteiger partial charge in [-0.1, -0.05) is 35.9 Å². The molecular formula is C18H20ClFN2O3S. The third-order valence-electron chi connectivity index (χ3n) is 3.82. The normalized spacial score (nSPS) is 11.2. The van der Waals surface area contributed by atoms with Gasteiger partial charge in [0.25, 0.3) is 0 Å². The van der Waals surface area contributed by atoms with Crippen LogP contribution < -0.4 is 9.62 Å². The largest absolute Gasteiger partial charge is 0.352 e. The van der Waals surface area contributed by atoms with Crippen LogP contribution in [0.2, 0.25) is 5.02 Å². The number of hydrogen-bond donors (Lipinski definition) is 1. The van der Waals surface area contributed by atoms with Gasteiger partial charge >= 0.3 is 0 Å². The van der Waals surface area contributed by atoms with E-state index in [2.05, 4.69) is 5.32 Å². The van der Waals surface area contributed by atoms with Gasteiger partial charge in [-0.3, -0.25) is 9.10 Å². The van der Waals surface area contributed by atoms with E-state index in [-0.39, 0.29) is 25.4 Å². The van der Waals surface area contributed by atoms with Gasteiger partial charge in [0.05, 0.1) is 11.9 Å². The lowest BCUT2D eigenvalue weighted by Gasteiger charge is -2.22. The number of hydrogen-bond acceptors (Lipinski definition) is 3. The molecule has 0 heterocycles. The molecule has 140 valence electrons. The van der Waals surface area contributed by atoms with Crippen molar-refractivity contribution >= 4 is 33.2 Å². The van der Waals surface area contributed by atoms with Crippen LogP contribution in [-0.2, 0) is 21.4 Å². The molecule has 26 heavy (non-hydrogen) atoms. The van der Waals surface area contributed by atoms with Gasteiger partial charge < -0.3 is 5.32 Å². The zero-order chi connectivity index (χ0) is 19.3. The summed E-state index contributed by atoms with van der Waals surface area (Å²) >= 11 is 6.07. The van der Waals surface area contributed by atoms with Gasteiger partial charge in [-0.05, 0) is 30.7 Å². The smallest absolute Gasteiger partial charge is 0.232 e. The average Bonchev–Trinajstić information content (AvgIpc) is 2.56. The number of aryl methyl sites for hydroxylation is 1. The van der Waals surface area contributed by atoms with Crippen LogP contribution in [-0.4, -0.2) is 27.1 Å². The molecule has 0 saturated carbocycles. The Morgan fingerprint density at radius 1 is 1.23 bits per heavy atom. The van der Waals surface area contributed by atoms with Crippen LogP contribution in [0.25, 0.3) is 0 Å². The molecule has 0 fully saturated rings. The molecule has 2 aromatic carbocycles. The summed E-state index contributed by atoms with van der Waals surface area (Å²) in [5.41, 5.74) is 1.59. The number of rotatable bonds is 7. The fourth-order valence-corrected chi connectivity index (χ4v) is 3.44. The molecule has 0 bridgehead atoms. The summed E-state index contributed by atoms with van der Waals surface area (Å²) in [7, 11) is -3.58. The van der Waals surface area contributed by atoms with Crippen LogP contribution in [0.15, 0.2) is 42.5 Å². The first-order chi connectivity index (χ1) is 12.2. The number of anilines is 1. The number of amides is 1. The van der Waals surface area contributed by atoms with Crippen molar-refractivity contribution in [3.8, 4) is 0 Å². The Labute approximate surface area is 157 Å². The Hall–Kier alpha value is -2.12. The molecule has 0 unspecified atom stereocenters. The molecule has 0 spiro atoms. The molecule has 0 saturated heterocycles. The standard InChI is InChI=1S/C18H20ClFN2O3S/c1-13-7-8-15(11-16(13)19)22(26(2,24)25)10-9-18(23)21-12-14-5-3-4-6-17(14)20/h3-8,11H,9-10,12H2,1-2H3,(H,21,23).